The van der Waals surface area contributed by atoms with E-state index < -0.39 is 29.6 Å². The molecule has 0 atom stereocenters. The molecule has 0 fully saturated rings. The molecule has 0 saturated carbocycles. The van der Waals surface area contributed by atoms with Gasteiger partial charge in [0.15, 0.2) is 0 Å². The van der Waals surface area contributed by atoms with E-state index >= 15 is 0 Å². The molecule has 1 aromatic rings. The van der Waals surface area contributed by atoms with Crippen LogP contribution in [-0.4, -0.2) is 34.7 Å². The molecule has 1 aromatic carbocycles. The van der Waals surface area contributed by atoms with Crippen molar-refractivity contribution in [3.8, 4) is 5.75 Å². The molecule has 0 spiro atoms. The van der Waals surface area contributed by atoms with Crippen molar-refractivity contribution in [1.82, 2.24) is 0 Å². The average molecular weight is 490 g/mol. The van der Waals surface area contributed by atoms with Gasteiger partial charge in [0.25, 0.3) is 0 Å². The SMILES string of the molecule is O=C(O)CCCCCCCCCCCC(=O)Nc1cc(C(F)(F)F)ccc1OCCCC(=O)O. The summed E-state index contributed by atoms with van der Waals surface area (Å²) in [6, 6.07) is 2.80. The zero-order valence-electron chi connectivity index (χ0n) is 19.3. The fourth-order valence-corrected chi connectivity index (χ4v) is 3.35. The molecular weight excluding hydrogens is 455 g/mol. The first kappa shape index (κ1) is 29.3. The van der Waals surface area contributed by atoms with Gasteiger partial charge in [0.05, 0.1) is 17.9 Å². The van der Waals surface area contributed by atoms with Crippen molar-refractivity contribution in [2.75, 3.05) is 11.9 Å². The van der Waals surface area contributed by atoms with Crippen molar-refractivity contribution in [2.24, 2.45) is 0 Å². The number of rotatable bonds is 18. The summed E-state index contributed by atoms with van der Waals surface area (Å²) in [6.45, 7) is 0.0000933. The minimum Gasteiger partial charge on any atom is -0.491 e. The van der Waals surface area contributed by atoms with Crippen LogP contribution in [-0.2, 0) is 20.6 Å². The molecule has 1 amide bonds. The van der Waals surface area contributed by atoms with E-state index in [0.717, 1.165) is 63.1 Å². The smallest absolute Gasteiger partial charge is 0.416 e. The number of anilines is 1. The summed E-state index contributed by atoms with van der Waals surface area (Å²) in [5.41, 5.74) is -0.998. The minimum absolute atomic E-state index is 0.0000933. The maximum Gasteiger partial charge on any atom is 0.416 e. The van der Waals surface area contributed by atoms with Gasteiger partial charge in [-0.25, -0.2) is 0 Å². The lowest BCUT2D eigenvalue weighted by Crippen LogP contribution is -2.14. The van der Waals surface area contributed by atoms with Gasteiger partial charge in [0.1, 0.15) is 5.75 Å². The van der Waals surface area contributed by atoms with Crippen LogP contribution in [0.15, 0.2) is 18.2 Å². The van der Waals surface area contributed by atoms with E-state index in [-0.39, 0.29) is 43.7 Å². The number of carboxylic acid groups (broad SMARTS) is 2. The van der Waals surface area contributed by atoms with E-state index in [9.17, 15) is 27.6 Å². The molecule has 0 radical (unpaired) electrons. The van der Waals surface area contributed by atoms with Crippen LogP contribution in [0.3, 0.4) is 0 Å². The Morgan fingerprint density at radius 3 is 1.79 bits per heavy atom. The van der Waals surface area contributed by atoms with Gasteiger partial charge in [-0.15, -0.1) is 0 Å². The van der Waals surface area contributed by atoms with Gasteiger partial charge in [0, 0.05) is 19.3 Å². The summed E-state index contributed by atoms with van der Waals surface area (Å²) in [5.74, 6) is -2.11. The molecule has 0 aromatic heterocycles. The summed E-state index contributed by atoms with van der Waals surface area (Å²) < 4.78 is 44.6. The van der Waals surface area contributed by atoms with Crippen LogP contribution in [0.4, 0.5) is 18.9 Å². The van der Waals surface area contributed by atoms with Gasteiger partial charge in [-0.05, 0) is 37.5 Å². The Kier molecular flexibility index (Phi) is 13.7. The number of alkyl halides is 3. The lowest BCUT2D eigenvalue weighted by atomic mass is 10.1. The zero-order valence-corrected chi connectivity index (χ0v) is 19.3. The Balaban J connectivity index is 2.38. The molecule has 34 heavy (non-hydrogen) atoms. The highest BCUT2D eigenvalue weighted by atomic mass is 19.4. The average Bonchev–Trinajstić information content (AvgIpc) is 2.74. The molecule has 0 heterocycles. The highest BCUT2D eigenvalue weighted by molar-refractivity contribution is 5.92. The number of benzene rings is 1. The number of aliphatic carboxylic acids is 2. The first-order chi connectivity index (χ1) is 16.1. The minimum atomic E-state index is -4.57. The second-order valence-electron chi connectivity index (χ2n) is 8.18. The largest absolute Gasteiger partial charge is 0.491 e. The van der Waals surface area contributed by atoms with Gasteiger partial charge >= 0.3 is 18.1 Å². The molecule has 0 saturated heterocycles. The summed E-state index contributed by atoms with van der Waals surface area (Å²) in [4.78, 5) is 33.3. The number of unbranched alkanes of at least 4 members (excludes halogenated alkanes) is 8. The van der Waals surface area contributed by atoms with Gasteiger partial charge in [-0.3, -0.25) is 14.4 Å². The van der Waals surface area contributed by atoms with Crippen LogP contribution in [0.1, 0.15) is 89.0 Å². The third kappa shape index (κ3) is 13.7. The van der Waals surface area contributed by atoms with E-state index in [2.05, 4.69) is 5.32 Å². The third-order valence-corrected chi connectivity index (χ3v) is 5.17. The molecule has 192 valence electrons. The van der Waals surface area contributed by atoms with E-state index in [1.54, 1.807) is 0 Å². The first-order valence-electron chi connectivity index (χ1n) is 11.7. The second-order valence-corrected chi connectivity index (χ2v) is 8.18. The van der Waals surface area contributed by atoms with Crippen LogP contribution in [0, 0.1) is 0 Å². The second kappa shape index (κ2) is 16.0. The van der Waals surface area contributed by atoms with Crippen molar-refractivity contribution >= 4 is 23.5 Å². The molecule has 0 aliphatic carbocycles. The van der Waals surface area contributed by atoms with E-state index in [4.69, 9.17) is 14.9 Å². The molecule has 1 rings (SSSR count). The summed E-state index contributed by atoms with van der Waals surface area (Å²) in [5, 5.41) is 19.7. The molecule has 10 heteroatoms. The van der Waals surface area contributed by atoms with Gasteiger partial charge in [0.2, 0.25) is 5.91 Å². The summed E-state index contributed by atoms with van der Waals surface area (Å²) in [7, 11) is 0. The maximum absolute atomic E-state index is 13.1. The molecule has 0 aliphatic rings. The molecule has 0 aliphatic heterocycles. The predicted molar refractivity (Wildman–Crippen MR) is 121 cm³/mol. The van der Waals surface area contributed by atoms with Crippen molar-refractivity contribution in [1.29, 1.82) is 0 Å². The van der Waals surface area contributed by atoms with Gasteiger partial charge in [-0.1, -0.05) is 44.9 Å². The number of hydrogen-bond acceptors (Lipinski definition) is 4. The highest BCUT2D eigenvalue weighted by Gasteiger charge is 2.31. The van der Waals surface area contributed by atoms with Crippen molar-refractivity contribution in [3.63, 3.8) is 0 Å². The molecule has 7 nitrogen and oxygen atoms in total. The number of amides is 1. The van der Waals surface area contributed by atoms with E-state index in [1.165, 1.54) is 0 Å². The van der Waals surface area contributed by atoms with Crippen LogP contribution < -0.4 is 10.1 Å². The Morgan fingerprint density at radius 2 is 1.26 bits per heavy atom. The van der Waals surface area contributed by atoms with Gasteiger partial charge < -0.3 is 20.3 Å². The van der Waals surface area contributed by atoms with Crippen molar-refractivity contribution in [3.05, 3.63) is 23.8 Å². The normalized spacial score (nSPS) is 11.3. The number of carbonyl (C=O) groups excluding carboxylic acids is 1. The Hall–Kier alpha value is -2.78. The van der Waals surface area contributed by atoms with E-state index in [1.807, 2.05) is 0 Å². The maximum atomic E-state index is 13.1. The standard InChI is InChI=1S/C24H34F3NO6/c25-24(26,27)18-14-15-20(34-16-10-13-23(32)33)19(17-18)28-21(29)11-8-6-4-2-1-3-5-7-9-12-22(30)31/h14-15,17H,1-13,16H2,(H,28,29)(H,30,31)(H,32,33). The Bertz CT molecular complexity index is 782. The quantitative estimate of drug-likeness (QED) is 0.210. The monoisotopic (exact) mass is 489 g/mol. The van der Waals surface area contributed by atoms with Crippen LogP contribution in [0.5, 0.6) is 5.75 Å². The van der Waals surface area contributed by atoms with Gasteiger partial charge in [-0.2, -0.15) is 13.2 Å². The molecule has 0 bridgehead atoms. The number of carbonyl (C=O) groups is 3. The predicted octanol–water partition coefficient (Wildman–Crippen LogP) is 6.26. The van der Waals surface area contributed by atoms with Crippen LogP contribution in [0.2, 0.25) is 0 Å². The number of carboxylic acids is 2. The van der Waals surface area contributed by atoms with Crippen molar-refractivity contribution in [2.45, 2.75) is 89.6 Å². The first-order valence-corrected chi connectivity index (χ1v) is 11.7. The topological polar surface area (TPSA) is 113 Å². The van der Waals surface area contributed by atoms with E-state index in [0.29, 0.717) is 12.8 Å². The zero-order chi connectivity index (χ0) is 25.4. The van der Waals surface area contributed by atoms with Crippen LogP contribution in [0.25, 0.3) is 0 Å². The summed E-state index contributed by atoms with van der Waals surface area (Å²) in [6.07, 6.45) is 3.97. The fourth-order valence-electron chi connectivity index (χ4n) is 3.35. The number of halogens is 3. The fraction of sp³-hybridized carbons (Fsp3) is 0.625. The summed E-state index contributed by atoms with van der Waals surface area (Å²) >= 11 is 0. The number of nitrogens with one attached hydrogen (secondary N) is 1. The lowest BCUT2D eigenvalue weighted by Gasteiger charge is -2.15. The highest BCUT2D eigenvalue weighted by Crippen LogP contribution is 2.35. The third-order valence-electron chi connectivity index (χ3n) is 5.17. The lowest BCUT2D eigenvalue weighted by molar-refractivity contribution is -0.138. The number of ether oxygens (including phenoxy) is 1. The Morgan fingerprint density at radius 1 is 0.765 bits per heavy atom. The van der Waals surface area contributed by atoms with Crippen LogP contribution >= 0.6 is 0 Å². The molecule has 3 N–H and O–H groups in total. The molecular formula is C24H34F3NO6. The number of hydrogen-bond donors (Lipinski definition) is 3. The Labute approximate surface area is 197 Å². The molecule has 0 unspecified atom stereocenters. The van der Waals surface area contributed by atoms with Crippen molar-refractivity contribution < 1.29 is 42.5 Å².